The van der Waals surface area contributed by atoms with Crippen LogP contribution >= 0.6 is 0 Å². The highest BCUT2D eigenvalue weighted by atomic mass is 16.2. The predicted molar refractivity (Wildman–Crippen MR) is 103 cm³/mol. The van der Waals surface area contributed by atoms with Crippen LogP contribution in [0, 0.1) is 0 Å². The summed E-state index contributed by atoms with van der Waals surface area (Å²) in [6.07, 6.45) is 11.2. The molecule has 130 valence electrons. The summed E-state index contributed by atoms with van der Waals surface area (Å²) in [6.45, 7) is 1.22. The van der Waals surface area contributed by atoms with Gasteiger partial charge in [0.1, 0.15) is 0 Å². The number of amides is 1. The maximum Gasteiger partial charge on any atom is 0.246 e. The topological polar surface area (TPSA) is 46.1 Å². The quantitative estimate of drug-likeness (QED) is 0.614. The third kappa shape index (κ3) is 5.38. The number of hydrogen-bond donors (Lipinski definition) is 0. The minimum atomic E-state index is -0.0124. The van der Waals surface area contributed by atoms with Gasteiger partial charge in [-0.25, -0.2) is 0 Å². The highest BCUT2D eigenvalue weighted by molar-refractivity contribution is 5.91. The van der Waals surface area contributed by atoms with Gasteiger partial charge in [0, 0.05) is 44.0 Å². The van der Waals surface area contributed by atoms with Gasteiger partial charge in [0.25, 0.3) is 0 Å². The molecule has 2 heterocycles. The summed E-state index contributed by atoms with van der Waals surface area (Å²) in [5.41, 5.74) is 3.19. The van der Waals surface area contributed by atoms with Crippen LogP contribution in [0.2, 0.25) is 0 Å². The van der Waals surface area contributed by atoms with Crippen molar-refractivity contribution in [2.24, 2.45) is 0 Å². The molecule has 0 spiro atoms. The van der Waals surface area contributed by atoms with E-state index in [9.17, 15) is 4.79 Å². The van der Waals surface area contributed by atoms with Gasteiger partial charge in [-0.05, 0) is 47.4 Å². The van der Waals surface area contributed by atoms with Crippen molar-refractivity contribution in [1.82, 2.24) is 14.9 Å². The van der Waals surface area contributed by atoms with Gasteiger partial charge in [0.05, 0.1) is 0 Å². The van der Waals surface area contributed by atoms with E-state index in [1.54, 1.807) is 36.9 Å². The second-order valence-electron chi connectivity index (χ2n) is 5.97. The smallest absolute Gasteiger partial charge is 0.246 e. The number of carbonyl (C=O) groups is 1. The Morgan fingerprint density at radius 2 is 1.69 bits per heavy atom. The van der Waals surface area contributed by atoms with Gasteiger partial charge in [-0.2, -0.15) is 0 Å². The minimum Gasteiger partial charge on any atom is -0.335 e. The van der Waals surface area contributed by atoms with Gasteiger partial charge in [-0.15, -0.1) is 0 Å². The van der Waals surface area contributed by atoms with Crippen LogP contribution in [0.4, 0.5) is 0 Å². The van der Waals surface area contributed by atoms with Crippen molar-refractivity contribution in [2.45, 2.75) is 13.0 Å². The molecule has 4 heteroatoms. The first kappa shape index (κ1) is 17.5. The molecule has 1 aromatic carbocycles. The van der Waals surface area contributed by atoms with Crippen LogP contribution in [-0.4, -0.2) is 27.3 Å². The lowest BCUT2D eigenvalue weighted by atomic mass is 10.1. The maximum atomic E-state index is 12.7. The Kier molecular flexibility index (Phi) is 6.26. The molecule has 0 aliphatic rings. The Hall–Kier alpha value is -3.27. The van der Waals surface area contributed by atoms with Crippen molar-refractivity contribution in [3.63, 3.8) is 0 Å². The fourth-order valence-electron chi connectivity index (χ4n) is 2.63. The van der Waals surface area contributed by atoms with Crippen LogP contribution in [0.3, 0.4) is 0 Å². The molecular formula is C22H21N3O. The molecular weight excluding hydrogens is 322 g/mol. The van der Waals surface area contributed by atoms with Crippen LogP contribution in [0.5, 0.6) is 0 Å². The number of carbonyl (C=O) groups excluding carboxylic acids is 1. The molecule has 0 saturated heterocycles. The average Bonchev–Trinajstić information content (AvgIpc) is 2.71. The zero-order valence-electron chi connectivity index (χ0n) is 14.5. The molecule has 0 unspecified atom stereocenters. The van der Waals surface area contributed by atoms with Gasteiger partial charge in [0.2, 0.25) is 5.91 Å². The van der Waals surface area contributed by atoms with E-state index in [1.165, 1.54) is 5.56 Å². The molecule has 4 nitrogen and oxygen atoms in total. The van der Waals surface area contributed by atoms with Crippen molar-refractivity contribution >= 4 is 12.0 Å². The summed E-state index contributed by atoms with van der Waals surface area (Å²) in [5.74, 6) is -0.0124. The number of hydrogen-bond acceptors (Lipinski definition) is 3. The number of rotatable bonds is 7. The Morgan fingerprint density at radius 1 is 0.885 bits per heavy atom. The van der Waals surface area contributed by atoms with Gasteiger partial charge in [0.15, 0.2) is 0 Å². The van der Waals surface area contributed by atoms with Crippen LogP contribution < -0.4 is 0 Å². The summed E-state index contributed by atoms with van der Waals surface area (Å²) in [4.78, 5) is 22.7. The number of nitrogens with zero attached hydrogens (tertiary/aromatic N) is 3. The Bertz CT molecular complexity index is 833. The molecule has 0 aliphatic heterocycles. The second-order valence-corrected chi connectivity index (χ2v) is 5.97. The third-order valence-corrected chi connectivity index (χ3v) is 4.05. The molecule has 1 amide bonds. The SMILES string of the molecule is O=C(/C=C/c1cccnc1)N(CCc1ccccc1)Cc1ccncc1. The first-order chi connectivity index (χ1) is 12.8. The standard InChI is InChI=1S/C22H21N3O/c26-22(9-8-20-7-4-13-24-17-20)25(18-21-10-14-23-15-11-21)16-12-19-5-2-1-3-6-19/h1-11,13-15,17H,12,16,18H2/b9-8+. The fraction of sp³-hybridized carbons (Fsp3) is 0.136. The second kappa shape index (κ2) is 9.28. The van der Waals surface area contributed by atoms with Crippen molar-refractivity contribution in [3.8, 4) is 0 Å². The summed E-state index contributed by atoms with van der Waals surface area (Å²) in [5, 5.41) is 0. The third-order valence-electron chi connectivity index (χ3n) is 4.05. The molecule has 0 fully saturated rings. The molecule has 3 aromatic rings. The van der Waals surface area contributed by atoms with E-state index in [0.29, 0.717) is 13.1 Å². The number of benzene rings is 1. The molecule has 0 aliphatic carbocycles. The van der Waals surface area contributed by atoms with E-state index in [1.807, 2.05) is 47.4 Å². The van der Waals surface area contributed by atoms with Gasteiger partial charge in [-0.1, -0.05) is 36.4 Å². The lowest BCUT2D eigenvalue weighted by molar-refractivity contribution is -0.126. The molecule has 2 aromatic heterocycles. The highest BCUT2D eigenvalue weighted by Gasteiger charge is 2.11. The molecule has 0 N–H and O–H groups in total. The zero-order chi connectivity index (χ0) is 18.0. The average molecular weight is 343 g/mol. The first-order valence-corrected chi connectivity index (χ1v) is 8.61. The summed E-state index contributed by atoms with van der Waals surface area (Å²) in [6, 6.07) is 17.9. The fourth-order valence-corrected chi connectivity index (χ4v) is 2.63. The minimum absolute atomic E-state index is 0.0124. The van der Waals surface area contributed by atoms with Crippen LogP contribution in [-0.2, 0) is 17.8 Å². The first-order valence-electron chi connectivity index (χ1n) is 8.61. The lowest BCUT2D eigenvalue weighted by Gasteiger charge is -2.21. The Morgan fingerprint density at radius 3 is 2.42 bits per heavy atom. The van der Waals surface area contributed by atoms with Gasteiger partial charge < -0.3 is 4.90 Å². The molecule has 0 saturated carbocycles. The van der Waals surface area contributed by atoms with Crippen molar-refractivity contribution in [3.05, 3.63) is 102 Å². The van der Waals surface area contributed by atoms with Crippen LogP contribution in [0.15, 0.2) is 85.5 Å². The Balaban J connectivity index is 1.70. The van der Waals surface area contributed by atoms with E-state index < -0.39 is 0 Å². The molecule has 3 rings (SSSR count). The van der Waals surface area contributed by atoms with Gasteiger partial charge in [-0.3, -0.25) is 14.8 Å². The predicted octanol–water partition coefficient (Wildman–Crippen LogP) is 3.76. The van der Waals surface area contributed by atoms with Gasteiger partial charge >= 0.3 is 0 Å². The Labute approximate surface area is 153 Å². The summed E-state index contributed by atoms with van der Waals surface area (Å²) in [7, 11) is 0. The van der Waals surface area contributed by atoms with E-state index in [-0.39, 0.29) is 5.91 Å². The number of aromatic nitrogens is 2. The van der Waals surface area contributed by atoms with Crippen molar-refractivity contribution in [2.75, 3.05) is 6.54 Å². The normalized spacial score (nSPS) is 10.8. The van der Waals surface area contributed by atoms with E-state index >= 15 is 0 Å². The van der Waals surface area contributed by atoms with E-state index in [4.69, 9.17) is 0 Å². The highest BCUT2D eigenvalue weighted by Crippen LogP contribution is 2.09. The summed E-state index contributed by atoms with van der Waals surface area (Å²) >= 11 is 0. The lowest BCUT2D eigenvalue weighted by Crippen LogP contribution is -2.31. The molecule has 0 radical (unpaired) electrons. The monoisotopic (exact) mass is 343 g/mol. The zero-order valence-corrected chi connectivity index (χ0v) is 14.5. The molecule has 0 bridgehead atoms. The largest absolute Gasteiger partial charge is 0.335 e. The van der Waals surface area contributed by atoms with Crippen LogP contribution in [0.1, 0.15) is 16.7 Å². The summed E-state index contributed by atoms with van der Waals surface area (Å²) < 4.78 is 0. The number of pyridine rings is 2. The van der Waals surface area contributed by atoms with E-state index in [2.05, 4.69) is 22.1 Å². The molecule has 26 heavy (non-hydrogen) atoms. The maximum absolute atomic E-state index is 12.7. The van der Waals surface area contributed by atoms with Crippen molar-refractivity contribution < 1.29 is 4.79 Å². The van der Waals surface area contributed by atoms with Crippen molar-refractivity contribution in [1.29, 1.82) is 0 Å². The van der Waals surface area contributed by atoms with Crippen LogP contribution in [0.25, 0.3) is 6.08 Å². The van der Waals surface area contributed by atoms with E-state index in [0.717, 1.165) is 17.5 Å². The molecule has 0 atom stereocenters.